The summed E-state index contributed by atoms with van der Waals surface area (Å²) in [7, 11) is 0. The SMILES string of the molecule is CCC[C@H](C)C(=O)NN. The lowest BCUT2D eigenvalue weighted by Gasteiger charge is -2.05. The van der Waals surface area contributed by atoms with Crippen molar-refractivity contribution in [2.75, 3.05) is 0 Å². The van der Waals surface area contributed by atoms with Crippen molar-refractivity contribution in [1.82, 2.24) is 5.43 Å². The molecule has 0 heterocycles. The Hall–Kier alpha value is -0.570. The Bertz CT molecular complexity index is 93.1. The maximum absolute atomic E-state index is 10.7. The standard InChI is InChI=1S/C6H14N2O/c1-3-4-5(2)6(9)8-7/h5H,3-4,7H2,1-2H3,(H,8,9)/t5-/m0/s1. The second-order valence-electron chi connectivity index (χ2n) is 2.20. The lowest BCUT2D eigenvalue weighted by atomic mass is 10.1. The van der Waals surface area contributed by atoms with E-state index >= 15 is 0 Å². The van der Waals surface area contributed by atoms with E-state index in [1.807, 2.05) is 13.8 Å². The molecule has 1 amide bonds. The maximum atomic E-state index is 10.7. The van der Waals surface area contributed by atoms with E-state index in [4.69, 9.17) is 5.84 Å². The molecule has 0 bridgehead atoms. The van der Waals surface area contributed by atoms with E-state index in [0.717, 1.165) is 12.8 Å². The summed E-state index contributed by atoms with van der Waals surface area (Å²) in [4.78, 5) is 10.7. The van der Waals surface area contributed by atoms with Crippen molar-refractivity contribution in [1.29, 1.82) is 0 Å². The first kappa shape index (κ1) is 8.43. The number of amides is 1. The van der Waals surface area contributed by atoms with Crippen molar-refractivity contribution < 1.29 is 4.79 Å². The molecule has 0 aromatic heterocycles. The van der Waals surface area contributed by atoms with Gasteiger partial charge in [-0.2, -0.15) is 0 Å². The summed E-state index contributed by atoms with van der Waals surface area (Å²) in [6.07, 6.45) is 1.93. The molecule has 0 saturated carbocycles. The molecule has 0 aromatic carbocycles. The first-order chi connectivity index (χ1) is 4.22. The van der Waals surface area contributed by atoms with Crippen molar-refractivity contribution in [2.45, 2.75) is 26.7 Å². The van der Waals surface area contributed by atoms with E-state index in [9.17, 15) is 4.79 Å². The zero-order valence-corrected chi connectivity index (χ0v) is 5.98. The Labute approximate surface area is 55.6 Å². The van der Waals surface area contributed by atoms with E-state index in [0.29, 0.717) is 0 Å². The molecule has 0 fully saturated rings. The fraction of sp³-hybridized carbons (Fsp3) is 0.833. The summed E-state index contributed by atoms with van der Waals surface area (Å²) in [6, 6.07) is 0. The Morgan fingerprint density at radius 3 is 2.67 bits per heavy atom. The fourth-order valence-corrected chi connectivity index (χ4v) is 0.706. The van der Waals surface area contributed by atoms with Gasteiger partial charge in [0.2, 0.25) is 5.91 Å². The first-order valence-electron chi connectivity index (χ1n) is 3.22. The van der Waals surface area contributed by atoms with Crippen molar-refractivity contribution in [3.63, 3.8) is 0 Å². The molecule has 3 N–H and O–H groups in total. The summed E-state index contributed by atoms with van der Waals surface area (Å²) in [5, 5.41) is 0. The Balaban J connectivity index is 3.45. The molecular weight excluding hydrogens is 116 g/mol. The van der Waals surface area contributed by atoms with Crippen LogP contribution in [0.25, 0.3) is 0 Å². The van der Waals surface area contributed by atoms with Crippen molar-refractivity contribution >= 4 is 5.91 Å². The minimum atomic E-state index is -0.0724. The molecule has 54 valence electrons. The lowest BCUT2D eigenvalue weighted by Crippen LogP contribution is -2.34. The summed E-state index contributed by atoms with van der Waals surface area (Å²) in [5.41, 5.74) is 2.11. The number of rotatable bonds is 3. The van der Waals surface area contributed by atoms with Crippen LogP contribution in [-0.4, -0.2) is 5.91 Å². The molecule has 0 unspecified atom stereocenters. The Morgan fingerprint density at radius 2 is 2.33 bits per heavy atom. The van der Waals surface area contributed by atoms with Crippen LogP contribution in [0.1, 0.15) is 26.7 Å². The third-order valence-corrected chi connectivity index (χ3v) is 1.31. The van der Waals surface area contributed by atoms with E-state index in [2.05, 4.69) is 5.43 Å². The van der Waals surface area contributed by atoms with Gasteiger partial charge in [0.25, 0.3) is 0 Å². The van der Waals surface area contributed by atoms with Crippen molar-refractivity contribution in [3.8, 4) is 0 Å². The van der Waals surface area contributed by atoms with Gasteiger partial charge in [-0.3, -0.25) is 10.2 Å². The second-order valence-corrected chi connectivity index (χ2v) is 2.20. The van der Waals surface area contributed by atoms with Gasteiger partial charge in [0, 0.05) is 5.92 Å². The van der Waals surface area contributed by atoms with E-state index in [-0.39, 0.29) is 11.8 Å². The smallest absolute Gasteiger partial charge is 0.236 e. The molecule has 9 heavy (non-hydrogen) atoms. The Kier molecular flexibility index (Phi) is 4.05. The highest BCUT2D eigenvalue weighted by molar-refractivity contribution is 5.77. The van der Waals surface area contributed by atoms with Crippen LogP contribution in [0.3, 0.4) is 0 Å². The molecule has 0 radical (unpaired) electrons. The van der Waals surface area contributed by atoms with E-state index in [1.165, 1.54) is 0 Å². The number of nitrogens with one attached hydrogen (secondary N) is 1. The minimum Gasteiger partial charge on any atom is -0.294 e. The van der Waals surface area contributed by atoms with Crippen LogP contribution >= 0.6 is 0 Å². The van der Waals surface area contributed by atoms with E-state index in [1.54, 1.807) is 0 Å². The zero-order chi connectivity index (χ0) is 7.28. The number of hydrogen-bond acceptors (Lipinski definition) is 2. The van der Waals surface area contributed by atoms with Crippen molar-refractivity contribution in [2.24, 2.45) is 11.8 Å². The summed E-state index contributed by atoms with van der Waals surface area (Å²) in [5.74, 6) is 4.89. The van der Waals surface area contributed by atoms with Gasteiger partial charge >= 0.3 is 0 Å². The lowest BCUT2D eigenvalue weighted by molar-refractivity contribution is -0.124. The average Bonchev–Trinajstić information content (AvgIpc) is 1.87. The molecule has 0 aliphatic carbocycles. The monoisotopic (exact) mass is 130 g/mol. The summed E-state index contributed by atoms with van der Waals surface area (Å²) in [6.45, 7) is 3.91. The number of hydrogen-bond donors (Lipinski definition) is 2. The van der Waals surface area contributed by atoms with Crippen LogP contribution in [0.15, 0.2) is 0 Å². The van der Waals surface area contributed by atoms with Gasteiger partial charge < -0.3 is 0 Å². The van der Waals surface area contributed by atoms with Crippen LogP contribution < -0.4 is 11.3 Å². The molecule has 1 atom stereocenters. The zero-order valence-electron chi connectivity index (χ0n) is 5.98. The van der Waals surface area contributed by atoms with Gasteiger partial charge in [-0.1, -0.05) is 20.3 Å². The average molecular weight is 130 g/mol. The molecule has 0 aromatic rings. The molecule has 0 aliphatic heterocycles. The molecule has 0 aliphatic rings. The second kappa shape index (κ2) is 4.32. The third kappa shape index (κ3) is 3.08. The maximum Gasteiger partial charge on any atom is 0.236 e. The van der Waals surface area contributed by atoms with Crippen LogP contribution in [0.2, 0.25) is 0 Å². The number of carbonyl (C=O) groups is 1. The van der Waals surface area contributed by atoms with Crippen molar-refractivity contribution in [3.05, 3.63) is 0 Å². The van der Waals surface area contributed by atoms with Gasteiger partial charge in [0.1, 0.15) is 0 Å². The third-order valence-electron chi connectivity index (χ3n) is 1.31. The molecule has 0 saturated heterocycles. The van der Waals surface area contributed by atoms with Gasteiger partial charge in [-0.15, -0.1) is 0 Å². The van der Waals surface area contributed by atoms with E-state index < -0.39 is 0 Å². The molecule has 0 rings (SSSR count). The van der Waals surface area contributed by atoms with Crippen LogP contribution in [0.5, 0.6) is 0 Å². The van der Waals surface area contributed by atoms with Gasteiger partial charge in [0.15, 0.2) is 0 Å². The van der Waals surface area contributed by atoms with Gasteiger partial charge in [0.05, 0.1) is 0 Å². The minimum absolute atomic E-state index is 0.0556. The summed E-state index contributed by atoms with van der Waals surface area (Å²) >= 11 is 0. The first-order valence-corrected chi connectivity index (χ1v) is 3.22. The number of carbonyl (C=O) groups excluding carboxylic acids is 1. The molecular formula is C6H14N2O. The number of hydrazine groups is 1. The normalized spacial score (nSPS) is 12.8. The Morgan fingerprint density at radius 1 is 1.78 bits per heavy atom. The topological polar surface area (TPSA) is 55.1 Å². The van der Waals surface area contributed by atoms with Gasteiger partial charge in [-0.25, -0.2) is 5.84 Å². The highest BCUT2D eigenvalue weighted by Gasteiger charge is 2.08. The largest absolute Gasteiger partial charge is 0.294 e. The predicted molar refractivity (Wildman–Crippen MR) is 36.4 cm³/mol. The predicted octanol–water partition coefficient (Wildman–Crippen LogP) is 0.413. The quantitative estimate of drug-likeness (QED) is 0.330. The van der Waals surface area contributed by atoms with Crippen LogP contribution in [-0.2, 0) is 4.79 Å². The fourth-order valence-electron chi connectivity index (χ4n) is 0.706. The van der Waals surface area contributed by atoms with Gasteiger partial charge in [-0.05, 0) is 6.42 Å². The molecule has 3 heteroatoms. The molecule has 3 nitrogen and oxygen atoms in total. The molecule has 0 spiro atoms. The van der Waals surface area contributed by atoms with Crippen LogP contribution in [0, 0.1) is 5.92 Å². The van der Waals surface area contributed by atoms with Crippen LogP contribution in [0.4, 0.5) is 0 Å². The highest BCUT2D eigenvalue weighted by Crippen LogP contribution is 2.02. The highest BCUT2D eigenvalue weighted by atomic mass is 16.2. The summed E-state index contributed by atoms with van der Waals surface area (Å²) < 4.78 is 0. The number of nitrogens with two attached hydrogens (primary N) is 1.